The van der Waals surface area contributed by atoms with Gasteiger partial charge in [0.1, 0.15) is 5.69 Å². The SMILES string of the molecule is CSC(=Nc1c(Cl)cccc1Cl)NC(C)=O. The lowest BCUT2D eigenvalue weighted by Gasteiger charge is -2.05. The Morgan fingerprint density at radius 1 is 1.38 bits per heavy atom. The maximum absolute atomic E-state index is 10.9. The van der Waals surface area contributed by atoms with E-state index in [9.17, 15) is 4.79 Å². The Morgan fingerprint density at radius 3 is 2.38 bits per heavy atom. The number of hydrogen-bond donors (Lipinski definition) is 1. The number of nitrogens with zero attached hydrogens (tertiary/aromatic N) is 1. The quantitative estimate of drug-likeness (QED) is 0.630. The van der Waals surface area contributed by atoms with Crippen molar-refractivity contribution in [2.75, 3.05) is 6.26 Å². The minimum atomic E-state index is -0.184. The first kappa shape index (κ1) is 13.4. The molecule has 1 amide bonds. The van der Waals surface area contributed by atoms with Gasteiger partial charge < -0.3 is 5.32 Å². The zero-order valence-corrected chi connectivity index (χ0v) is 11.1. The van der Waals surface area contributed by atoms with Gasteiger partial charge in [-0.3, -0.25) is 4.79 Å². The number of rotatable bonds is 1. The van der Waals surface area contributed by atoms with Crippen LogP contribution in [0.5, 0.6) is 0 Å². The first-order chi connectivity index (χ1) is 7.54. The Hall–Kier alpha value is -0.710. The zero-order valence-electron chi connectivity index (χ0n) is 8.75. The highest BCUT2D eigenvalue weighted by molar-refractivity contribution is 8.13. The molecule has 0 bridgehead atoms. The molecule has 0 saturated carbocycles. The molecule has 0 radical (unpaired) electrons. The molecule has 0 aliphatic carbocycles. The smallest absolute Gasteiger partial charge is 0.222 e. The van der Waals surface area contributed by atoms with Gasteiger partial charge >= 0.3 is 0 Å². The largest absolute Gasteiger partial charge is 0.305 e. The highest BCUT2D eigenvalue weighted by Crippen LogP contribution is 2.33. The number of nitrogens with one attached hydrogen (secondary N) is 1. The number of carbonyl (C=O) groups excluding carboxylic acids is 1. The molecule has 0 aliphatic rings. The van der Waals surface area contributed by atoms with Gasteiger partial charge in [-0.2, -0.15) is 0 Å². The molecule has 16 heavy (non-hydrogen) atoms. The molecule has 86 valence electrons. The maximum atomic E-state index is 10.9. The molecule has 0 spiro atoms. The number of thioether (sulfide) groups is 1. The molecule has 1 aromatic carbocycles. The summed E-state index contributed by atoms with van der Waals surface area (Å²) in [5.41, 5.74) is 0.462. The molecule has 0 aliphatic heterocycles. The van der Waals surface area contributed by atoms with E-state index in [0.717, 1.165) is 0 Å². The normalized spacial score (nSPS) is 11.4. The van der Waals surface area contributed by atoms with E-state index in [0.29, 0.717) is 20.9 Å². The highest BCUT2D eigenvalue weighted by Gasteiger charge is 2.06. The van der Waals surface area contributed by atoms with Gasteiger partial charge in [-0.1, -0.05) is 41.0 Å². The number of hydrogen-bond acceptors (Lipinski definition) is 3. The number of amidine groups is 1. The van der Waals surface area contributed by atoms with Crippen LogP contribution in [0.25, 0.3) is 0 Å². The van der Waals surface area contributed by atoms with Gasteiger partial charge in [0.15, 0.2) is 5.17 Å². The Kier molecular flexibility index (Phi) is 5.12. The van der Waals surface area contributed by atoms with Crippen LogP contribution < -0.4 is 5.32 Å². The Balaban J connectivity index is 3.08. The summed E-state index contributed by atoms with van der Waals surface area (Å²) in [6.45, 7) is 1.42. The van der Waals surface area contributed by atoms with Crippen molar-refractivity contribution in [3.05, 3.63) is 28.2 Å². The summed E-state index contributed by atoms with van der Waals surface area (Å²) in [5, 5.41) is 3.95. The molecular formula is C10H10Cl2N2OS. The van der Waals surface area contributed by atoms with Crippen molar-refractivity contribution < 1.29 is 4.79 Å². The second-order valence-electron chi connectivity index (χ2n) is 2.87. The molecule has 0 unspecified atom stereocenters. The van der Waals surface area contributed by atoms with E-state index in [1.807, 2.05) is 0 Å². The number of carbonyl (C=O) groups is 1. The Morgan fingerprint density at radius 2 is 1.94 bits per heavy atom. The second-order valence-corrected chi connectivity index (χ2v) is 4.48. The van der Waals surface area contributed by atoms with Crippen LogP contribution in [0.3, 0.4) is 0 Å². The van der Waals surface area contributed by atoms with Crippen molar-refractivity contribution in [1.29, 1.82) is 0 Å². The lowest BCUT2D eigenvalue weighted by Crippen LogP contribution is -2.25. The minimum absolute atomic E-state index is 0.184. The summed E-state index contributed by atoms with van der Waals surface area (Å²) in [5.74, 6) is -0.184. The number of amides is 1. The minimum Gasteiger partial charge on any atom is -0.305 e. The van der Waals surface area contributed by atoms with Gasteiger partial charge in [-0.25, -0.2) is 4.99 Å². The van der Waals surface area contributed by atoms with Crippen LogP contribution in [-0.4, -0.2) is 17.3 Å². The van der Waals surface area contributed by atoms with Crippen LogP contribution in [0.2, 0.25) is 10.0 Å². The van der Waals surface area contributed by atoms with Crippen LogP contribution in [0, 0.1) is 0 Å². The summed E-state index contributed by atoms with van der Waals surface area (Å²) in [7, 11) is 0. The molecule has 0 fully saturated rings. The third-order valence-electron chi connectivity index (χ3n) is 1.63. The van der Waals surface area contributed by atoms with Gasteiger partial charge in [0.05, 0.1) is 10.0 Å². The lowest BCUT2D eigenvalue weighted by atomic mass is 10.3. The molecule has 0 aromatic heterocycles. The zero-order chi connectivity index (χ0) is 12.1. The van der Waals surface area contributed by atoms with Crippen molar-refractivity contribution in [2.45, 2.75) is 6.92 Å². The van der Waals surface area contributed by atoms with E-state index in [1.165, 1.54) is 18.7 Å². The maximum Gasteiger partial charge on any atom is 0.222 e. The molecule has 3 nitrogen and oxygen atoms in total. The van der Waals surface area contributed by atoms with Crippen LogP contribution >= 0.6 is 35.0 Å². The van der Waals surface area contributed by atoms with Gasteiger partial charge in [0, 0.05) is 6.92 Å². The predicted molar refractivity (Wildman–Crippen MR) is 70.9 cm³/mol. The van der Waals surface area contributed by atoms with E-state index in [4.69, 9.17) is 23.2 Å². The Labute approximate surface area is 108 Å². The lowest BCUT2D eigenvalue weighted by molar-refractivity contribution is -0.117. The first-order valence-corrected chi connectivity index (χ1v) is 6.37. The summed E-state index contributed by atoms with van der Waals surface area (Å²) in [4.78, 5) is 15.1. The van der Waals surface area contributed by atoms with E-state index in [1.54, 1.807) is 24.5 Å². The molecule has 0 atom stereocenters. The van der Waals surface area contributed by atoms with E-state index < -0.39 is 0 Å². The third kappa shape index (κ3) is 3.70. The fraction of sp³-hybridized carbons (Fsp3) is 0.200. The number of halogens is 2. The molecule has 1 rings (SSSR count). The topological polar surface area (TPSA) is 41.5 Å². The van der Waals surface area contributed by atoms with E-state index in [-0.39, 0.29) is 5.91 Å². The standard InChI is InChI=1S/C10H10Cl2N2OS/c1-6(15)13-10(16-2)14-9-7(11)4-3-5-8(9)12/h3-5H,1-2H3,(H,13,14,15). The van der Waals surface area contributed by atoms with Crippen LogP contribution in [0.15, 0.2) is 23.2 Å². The van der Waals surface area contributed by atoms with Crippen molar-refractivity contribution in [3.63, 3.8) is 0 Å². The summed E-state index contributed by atoms with van der Waals surface area (Å²) in [6.07, 6.45) is 1.81. The van der Waals surface area contributed by atoms with Gasteiger partial charge in [-0.05, 0) is 18.4 Å². The second kappa shape index (κ2) is 6.13. The van der Waals surface area contributed by atoms with E-state index >= 15 is 0 Å². The molecule has 0 heterocycles. The number of benzene rings is 1. The molecule has 1 N–H and O–H groups in total. The predicted octanol–water partition coefficient (Wildman–Crippen LogP) is 3.48. The first-order valence-electron chi connectivity index (χ1n) is 4.39. The number of para-hydroxylation sites is 1. The summed E-state index contributed by atoms with van der Waals surface area (Å²) >= 11 is 13.2. The van der Waals surface area contributed by atoms with Gasteiger partial charge in [-0.15, -0.1) is 0 Å². The fourth-order valence-electron chi connectivity index (χ4n) is 0.973. The molecule has 0 saturated heterocycles. The summed E-state index contributed by atoms with van der Waals surface area (Å²) in [6, 6.07) is 5.12. The Bertz CT molecular complexity index is 415. The molecule has 1 aromatic rings. The van der Waals surface area contributed by atoms with Crippen LogP contribution in [0.1, 0.15) is 6.92 Å². The average molecular weight is 277 g/mol. The van der Waals surface area contributed by atoms with Crippen molar-refractivity contribution in [1.82, 2.24) is 5.32 Å². The van der Waals surface area contributed by atoms with Crippen molar-refractivity contribution in [3.8, 4) is 0 Å². The monoisotopic (exact) mass is 276 g/mol. The molecule has 6 heteroatoms. The van der Waals surface area contributed by atoms with Crippen LogP contribution in [0.4, 0.5) is 5.69 Å². The number of aliphatic imine (C=N–C) groups is 1. The third-order valence-corrected chi connectivity index (χ3v) is 2.82. The van der Waals surface area contributed by atoms with Gasteiger partial charge in [0.2, 0.25) is 5.91 Å². The van der Waals surface area contributed by atoms with Gasteiger partial charge in [0.25, 0.3) is 0 Å². The average Bonchev–Trinajstić information content (AvgIpc) is 2.21. The van der Waals surface area contributed by atoms with E-state index in [2.05, 4.69) is 10.3 Å². The van der Waals surface area contributed by atoms with Crippen LogP contribution in [-0.2, 0) is 4.79 Å². The summed E-state index contributed by atoms with van der Waals surface area (Å²) < 4.78 is 0. The highest BCUT2D eigenvalue weighted by atomic mass is 35.5. The van der Waals surface area contributed by atoms with Crippen molar-refractivity contribution in [2.24, 2.45) is 4.99 Å². The van der Waals surface area contributed by atoms with Crippen molar-refractivity contribution >= 4 is 51.7 Å². The molecular weight excluding hydrogens is 267 g/mol. The fourth-order valence-corrected chi connectivity index (χ4v) is 1.88.